The van der Waals surface area contributed by atoms with Gasteiger partial charge in [0.1, 0.15) is 12.1 Å². The fourth-order valence-corrected chi connectivity index (χ4v) is 3.94. The Morgan fingerprint density at radius 3 is 2.59 bits per heavy atom. The zero-order valence-electron chi connectivity index (χ0n) is 15.4. The van der Waals surface area contributed by atoms with Gasteiger partial charge >= 0.3 is 6.03 Å². The van der Waals surface area contributed by atoms with Crippen LogP contribution in [-0.2, 0) is 21.5 Å². The van der Waals surface area contributed by atoms with Gasteiger partial charge in [-0.15, -0.1) is 13.2 Å². The minimum absolute atomic E-state index is 0.281. The van der Waals surface area contributed by atoms with Crippen LogP contribution >= 0.6 is 0 Å². The fraction of sp³-hybridized carbons (Fsp3) is 0.381. The van der Waals surface area contributed by atoms with E-state index in [1.54, 1.807) is 12.2 Å². The molecule has 1 aliphatic carbocycles. The number of fused-ring (bicyclic) bond motifs is 2. The molecular weight excluding hydrogens is 342 g/mol. The van der Waals surface area contributed by atoms with Crippen molar-refractivity contribution in [3.05, 3.63) is 60.7 Å². The maximum Gasteiger partial charge on any atom is 0.325 e. The molecule has 1 N–H and O–H groups in total. The summed E-state index contributed by atoms with van der Waals surface area (Å²) in [5.41, 5.74) is 0.869. The molecule has 1 aromatic carbocycles. The molecule has 0 unspecified atom stereocenters. The van der Waals surface area contributed by atoms with Crippen LogP contribution < -0.4 is 5.32 Å². The van der Waals surface area contributed by atoms with E-state index in [1.165, 1.54) is 4.90 Å². The van der Waals surface area contributed by atoms with Crippen LogP contribution in [0.4, 0.5) is 4.79 Å². The highest BCUT2D eigenvalue weighted by Crippen LogP contribution is 2.38. The highest BCUT2D eigenvalue weighted by Gasteiger charge is 2.53. The third-order valence-electron chi connectivity index (χ3n) is 5.25. The van der Waals surface area contributed by atoms with Gasteiger partial charge in [0.25, 0.3) is 5.91 Å². The highest BCUT2D eigenvalue weighted by atomic mass is 16.2. The fourth-order valence-electron chi connectivity index (χ4n) is 3.94. The lowest BCUT2D eigenvalue weighted by Crippen LogP contribution is -2.46. The third kappa shape index (κ3) is 3.39. The standard InChI is InChI=1S/C21H25N3O3/c1-3-13-23(14-4-2)18(25)15-24-19(26)21(22-20(24)27)12-8-7-10-16-9-5-6-11-17(16)21/h3-6,9,11H,1-2,7-8,10,12-15H2,(H,22,27)/t21-/m1/s1. The minimum Gasteiger partial charge on any atom is -0.334 e. The minimum atomic E-state index is -1.06. The second-order valence-electron chi connectivity index (χ2n) is 6.97. The highest BCUT2D eigenvalue weighted by molar-refractivity contribution is 6.09. The quantitative estimate of drug-likeness (QED) is 0.620. The number of imide groups is 1. The molecule has 1 aliphatic heterocycles. The molecule has 1 fully saturated rings. The number of nitrogens with one attached hydrogen (secondary N) is 1. The molecule has 0 saturated carbocycles. The molecule has 0 radical (unpaired) electrons. The van der Waals surface area contributed by atoms with E-state index in [1.807, 2.05) is 24.3 Å². The summed E-state index contributed by atoms with van der Waals surface area (Å²) >= 11 is 0. The number of aryl methyl sites for hydroxylation is 1. The summed E-state index contributed by atoms with van der Waals surface area (Å²) in [6, 6.07) is 7.23. The summed E-state index contributed by atoms with van der Waals surface area (Å²) < 4.78 is 0. The van der Waals surface area contributed by atoms with E-state index in [0.29, 0.717) is 19.5 Å². The van der Waals surface area contributed by atoms with E-state index in [9.17, 15) is 14.4 Å². The van der Waals surface area contributed by atoms with Gasteiger partial charge in [-0.25, -0.2) is 4.79 Å². The number of hydrogen-bond acceptors (Lipinski definition) is 3. The number of nitrogens with zero attached hydrogens (tertiary/aromatic N) is 2. The molecule has 1 aromatic rings. The van der Waals surface area contributed by atoms with Gasteiger partial charge in [0, 0.05) is 13.1 Å². The normalized spacial score (nSPS) is 21.4. The van der Waals surface area contributed by atoms with E-state index < -0.39 is 11.6 Å². The maximum atomic E-state index is 13.3. The van der Waals surface area contributed by atoms with Crippen molar-refractivity contribution in [3.63, 3.8) is 0 Å². The van der Waals surface area contributed by atoms with Crippen LogP contribution in [0.5, 0.6) is 0 Å². The Labute approximate surface area is 159 Å². The summed E-state index contributed by atoms with van der Waals surface area (Å²) in [5.74, 6) is -0.649. The SMILES string of the molecule is C=CCN(CC=C)C(=O)CN1C(=O)N[C@@]2(CCCCc3ccccc32)C1=O. The molecule has 6 nitrogen and oxygen atoms in total. The molecular formula is C21H25N3O3. The van der Waals surface area contributed by atoms with Gasteiger partial charge in [-0.2, -0.15) is 0 Å². The number of urea groups is 1. The molecule has 1 heterocycles. The van der Waals surface area contributed by atoms with Crippen LogP contribution in [0.1, 0.15) is 30.4 Å². The van der Waals surface area contributed by atoms with E-state index in [-0.39, 0.29) is 18.4 Å². The smallest absolute Gasteiger partial charge is 0.325 e. The van der Waals surface area contributed by atoms with Gasteiger partial charge in [0.2, 0.25) is 5.91 Å². The first-order valence-electron chi connectivity index (χ1n) is 9.25. The first kappa shape index (κ1) is 18.9. The summed E-state index contributed by atoms with van der Waals surface area (Å²) in [7, 11) is 0. The number of carbonyl (C=O) groups excluding carboxylic acids is 3. The monoisotopic (exact) mass is 367 g/mol. The molecule has 142 valence electrons. The zero-order valence-corrected chi connectivity index (χ0v) is 15.4. The van der Waals surface area contributed by atoms with Crippen LogP contribution in [0, 0.1) is 0 Å². The lowest BCUT2D eigenvalue weighted by Gasteiger charge is -2.28. The van der Waals surface area contributed by atoms with Crippen molar-refractivity contribution in [3.8, 4) is 0 Å². The predicted octanol–water partition coefficient (Wildman–Crippen LogP) is 2.36. The van der Waals surface area contributed by atoms with E-state index in [4.69, 9.17) is 0 Å². The molecule has 27 heavy (non-hydrogen) atoms. The second kappa shape index (κ2) is 7.78. The first-order chi connectivity index (χ1) is 13.0. The molecule has 0 bridgehead atoms. The Balaban J connectivity index is 1.88. The van der Waals surface area contributed by atoms with Crippen molar-refractivity contribution in [2.45, 2.75) is 31.2 Å². The molecule has 2 aliphatic rings. The van der Waals surface area contributed by atoms with Crippen molar-refractivity contribution in [2.75, 3.05) is 19.6 Å². The van der Waals surface area contributed by atoms with Crippen LogP contribution in [-0.4, -0.2) is 47.3 Å². The molecule has 1 atom stereocenters. The van der Waals surface area contributed by atoms with Crippen molar-refractivity contribution in [1.29, 1.82) is 0 Å². The van der Waals surface area contributed by atoms with Crippen molar-refractivity contribution in [1.82, 2.24) is 15.1 Å². The molecule has 0 aromatic heterocycles. The molecule has 1 spiro atoms. The molecule has 4 amide bonds. The lowest BCUT2D eigenvalue weighted by atomic mass is 9.84. The topological polar surface area (TPSA) is 69.7 Å². The van der Waals surface area contributed by atoms with Gasteiger partial charge in [-0.3, -0.25) is 14.5 Å². The second-order valence-corrected chi connectivity index (χ2v) is 6.97. The lowest BCUT2D eigenvalue weighted by molar-refractivity contribution is -0.138. The number of amides is 4. The van der Waals surface area contributed by atoms with E-state index in [0.717, 1.165) is 35.3 Å². The predicted molar refractivity (Wildman–Crippen MR) is 103 cm³/mol. The molecule has 3 rings (SSSR count). The number of benzene rings is 1. The van der Waals surface area contributed by atoms with Gasteiger partial charge < -0.3 is 10.2 Å². The van der Waals surface area contributed by atoms with Crippen molar-refractivity contribution in [2.24, 2.45) is 0 Å². The van der Waals surface area contributed by atoms with Crippen LogP contribution in [0.2, 0.25) is 0 Å². The first-order valence-corrected chi connectivity index (χ1v) is 9.25. The van der Waals surface area contributed by atoms with Gasteiger partial charge in [-0.1, -0.05) is 36.4 Å². The Hall–Kier alpha value is -2.89. The Morgan fingerprint density at radius 2 is 1.89 bits per heavy atom. The average molecular weight is 367 g/mol. The summed E-state index contributed by atoms with van der Waals surface area (Å²) in [5, 5.41) is 2.90. The average Bonchev–Trinajstić information content (AvgIpc) is 2.81. The van der Waals surface area contributed by atoms with Gasteiger partial charge in [-0.05, 0) is 36.8 Å². The van der Waals surface area contributed by atoms with Crippen LogP contribution in [0.25, 0.3) is 0 Å². The Bertz CT molecular complexity index is 779. The van der Waals surface area contributed by atoms with Crippen molar-refractivity contribution >= 4 is 17.8 Å². The Morgan fingerprint density at radius 1 is 1.19 bits per heavy atom. The van der Waals surface area contributed by atoms with Gasteiger partial charge in [0.05, 0.1) is 0 Å². The van der Waals surface area contributed by atoms with E-state index in [2.05, 4.69) is 18.5 Å². The number of carbonyl (C=O) groups is 3. The van der Waals surface area contributed by atoms with Crippen LogP contribution in [0.15, 0.2) is 49.6 Å². The van der Waals surface area contributed by atoms with Crippen molar-refractivity contribution < 1.29 is 14.4 Å². The van der Waals surface area contributed by atoms with Crippen LogP contribution in [0.3, 0.4) is 0 Å². The number of hydrogen-bond donors (Lipinski definition) is 1. The third-order valence-corrected chi connectivity index (χ3v) is 5.25. The summed E-state index contributed by atoms with van der Waals surface area (Å²) in [4.78, 5) is 41.1. The Kier molecular flexibility index (Phi) is 5.44. The largest absolute Gasteiger partial charge is 0.334 e. The van der Waals surface area contributed by atoms with E-state index >= 15 is 0 Å². The maximum absolute atomic E-state index is 13.3. The van der Waals surface area contributed by atoms with Gasteiger partial charge in [0.15, 0.2) is 0 Å². The summed E-state index contributed by atoms with van der Waals surface area (Å²) in [6.45, 7) is 7.68. The molecule has 1 saturated heterocycles. The summed E-state index contributed by atoms with van der Waals surface area (Å²) in [6.07, 6.45) is 6.44. The zero-order chi connectivity index (χ0) is 19.4. The molecule has 6 heteroatoms. The number of rotatable bonds is 6.